The van der Waals surface area contributed by atoms with Crippen LogP contribution in [-0.2, 0) is 0 Å². The molecule has 0 aliphatic rings. The van der Waals surface area contributed by atoms with Crippen molar-refractivity contribution in [3.05, 3.63) is 84.0 Å². The number of nitrogens with one attached hydrogen (secondary N) is 1. The monoisotopic (exact) mass is 468 g/mol. The van der Waals surface area contributed by atoms with Gasteiger partial charge in [0.15, 0.2) is 16.6 Å². The summed E-state index contributed by atoms with van der Waals surface area (Å²) in [5, 5.41) is 6.11. The summed E-state index contributed by atoms with van der Waals surface area (Å²) in [6.07, 6.45) is 3.41. The number of hydrogen-bond donors (Lipinski definition) is 1. The van der Waals surface area contributed by atoms with Gasteiger partial charge >= 0.3 is 0 Å². The molecule has 0 fully saturated rings. The third-order valence-corrected chi connectivity index (χ3v) is 6.10. The van der Waals surface area contributed by atoms with E-state index in [1.807, 2.05) is 60.0 Å². The summed E-state index contributed by atoms with van der Waals surface area (Å²) in [7, 11) is 3.19. The molecule has 1 N–H and O–H groups in total. The predicted octanol–water partition coefficient (Wildman–Crippen LogP) is 5.69. The van der Waals surface area contributed by atoms with E-state index in [-0.39, 0.29) is 5.91 Å². The summed E-state index contributed by atoms with van der Waals surface area (Å²) in [5.74, 6) is 1.01. The number of pyridine rings is 2. The Kier molecular flexibility index (Phi) is 5.88. The number of para-hydroxylation sites is 1. The summed E-state index contributed by atoms with van der Waals surface area (Å²) in [4.78, 5) is 26.7. The van der Waals surface area contributed by atoms with E-state index in [1.165, 1.54) is 11.3 Å². The maximum atomic E-state index is 13.3. The number of ether oxygens (including phenoxy) is 2. The van der Waals surface area contributed by atoms with Gasteiger partial charge in [0.25, 0.3) is 5.91 Å². The zero-order valence-electron chi connectivity index (χ0n) is 18.5. The number of carbonyl (C=O) groups excluding carboxylic acids is 1. The number of aromatic nitrogens is 3. The van der Waals surface area contributed by atoms with Crippen LogP contribution in [0.1, 0.15) is 10.4 Å². The molecule has 0 unspecified atom stereocenters. The molecule has 3 heterocycles. The van der Waals surface area contributed by atoms with Crippen LogP contribution in [0.5, 0.6) is 11.5 Å². The van der Waals surface area contributed by atoms with Gasteiger partial charge in [-0.1, -0.05) is 18.2 Å². The number of hydrogen-bond acceptors (Lipinski definition) is 7. The lowest BCUT2D eigenvalue weighted by Gasteiger charge is -2.09. The van der Waals surface area contributed by atoms with Crippen molar-refractivity contribution in [2.45, 2.75) is 0 Å². The highest BCUT2D eigenvalue weighted by Crippen LogP contribution is 2.34. The molecule has 5 aromatic rings. The van der Waals surface area contributed by atoms with Gasteiger partial charge in [-0.15, -0.1) is 11.3 Å². The molecule has 7 nitrogen and oxygen atoms in total. The second-order valence-corrected chi connectivity index (χ2v) is 8.23. The molecule has 8 heteroatoms. The number of amides is 1. The minimum Gasteiger partial charge on any atom is -0.493 e. The van der Waals surface area contributed by atoms with Crippen LogP contribution < -0.4 is 14.8 Å². The quantitative estimate of drug-likeness (QED) is 0.345. The first-order valence-electron chi connectivity index (χ1n) is 10.5. The van der Waals surface area contributed by atoms with Crippen LogP contribution in [0, 0.1) is 0 Å². The number of fused-ring (bicyclic) bond motifs is 1. The Morgan fingerprint density at radius 1 is 0.853 bits per heavy atom. The third-order valence-electron chi connectivity index (χ3n) is 5.34. The Bertz CT molecular complexity index is 1480. The first-order chi connectivity index (χ1) is 16.7. The van der Waals surface area contributed by atoms with Crippen molar-refractivity contribution in [3.63, 3.8) is 0 Å². The normalized spacial score (nSPS) is 10.8. The first kappa shape index (κ1) is 21.5. The van der Waals surface area contributed by atoms with Crippen LogP contribution in [0.25, 0.3) is 33.4 Å². The van der Waals surface area contributed by atoms with E-state index < -0.39 is 0 Å². The molecule has 5 rings (SSSR count). The minimum absolute atomic E-state index is 0.248. The van der Waals surface area contributed by atoms with Gasteiger partial charge < -0.3 is 9.47 Å². The third kappa shape index (κ3) is 4.18. The maximum Gasteiger partial charge on any atom is 0.258 e. The van der Waals surface area contributed by atoms with Crippen molar-refractivity contribution in [3.8, 4) is 34.0 Å². The fourth-order valence-electron chi connectivity index (χ4n) is 3.66. The number of benzene rings is 2. The average molecular weight is 469 g/mol. The summed E-state index contributed by atoms with van der Waals surface area (Å²) >= 11 is 1.36. The molecule has 2 aromatic carbocycles. The zero-order valence-corrected chi connectivity index (χ0v) is 19.3. The van der Waals surface area contributed by atoms with Crippen LogP contribution in [0.15, 0.2) is 78.4 Å². The van der Waals surface area contributed by atoms with E-state index in [0.29, 0.717) is 27.9 Å². The Labute approximate surface area is 200 Å². The number of carbonyl (C=O) groups is 1. The number of nitrogens with zero attached hydrogens (tertiary/aromatic N) is 3. The molecule has 1 amide bonds. The molecular formula is C26H20N4O3S. The van der Waals surface area contributed by atoms with Gasteiger partial charge in [0.05, 0.1) is 36.7 Å². The Balaban J connectivity index is 1.46. The largest absolute Gasteiger partial charge is 0.493 e. The summed E-state index contributed by atoms with van der Waals surface area (Å²) in [5.41, 5.74) is 4.46. The van der Waals surface area contributed by atoms with Crippen molar-refractivity contribution in [2.24, 2.45) is 0 Å². The fraction of sp³-hybridized carbons (Fsp3) is 0.0769. The van der Waals surface area contributed by atoms with Crippen molar-refractivity contribution in [2.75, 3.05) is 19.5 Å². The summed E-state index contributed by atoms with van der Waals surface area (Å²) in [6, 6.07) is 18.7. The molecule has 0 saturated heterocycles. The standard InChI is InChI=1S/C26H20N4O3S/c1-32-23-8-7-17(13-24(23)33-2)22-15-34-26(29-22)30-25(31)19-14-21(16-9-11-27-12-10-16)28-20-6-4-3-5-18(19)20/h3-15H,1-2H3,(H,29,30,31). The SMILES string of the molecule is COc1ccc(-c2csc(NC(=O)c3cc(-c4ccncc4)nc4ccccc34)n2)cc1OC. The van der Waals surface area contributed by atoms with Crippen LogP contribution in [0.3, 0.4) is 0 Å². The topological polar surface area (TPSA) is 86.2 Å². The number of methoxy groups -OCH3 is 2. The van der Waals surface area contributed by atoms with Crippen LogP contribution in [0.2, 0.25) is 0 Å². The van der Waals surface area contributed by atoms with Crippen molar-refractivity contribution < 1.29 is 14.3 Å². The van der Waals surface area contributed by atoms with E-state index >= 15 is 0 Å². The smallest absolute Gasteiger partial charge is 0.258 e. The van der Waals surface area contributed by atoms with Gasteiger partial charge in [-0.3, -0.25) is 15.1 Å². The lowest BCUT2D eigenvalue weighted by atomic mass is 10.0. The minimum atomic E-state index is -0.248. The van der Waals surface area contributed by atoms with Gasteiger partial charge in [-0.05, 0) is 42.5 Å². The van der Waals surface area contributed by atoms with Crippen molar-refractivity contribution >= 4 is 33.3 Å². The number of rotatable bonds is 6. The molecule has 3 aromatic heterocycles. The highest BCUT2D eigenvalue weighted by molar-refractivity contribution is 7.14. The molecule has 0 aliphatic carbocycles. The lowest BCUT2D eigenvalue weighted by molar-refractivity contribution is 0.102. The van der Waals surface area contributed by atoms with Crippen molar-refractivity contribution in [1.29, 1.82) is 0 Å². The molecule has 0 atom stereocenters. The van der Waals surface area contributed by atoms with E-state index in [4.69, 9.17) is 14.5 Å². The number of anilines is 1. The average Bonchev–Trinajstić information content (AvgIpc) is 3.36. The maximum absolute atomic E-state index is 13.3. The second kappa shape index (κ2) is 9.29. The predicted molar refractivity (Wildman–Crippen MR) is 134 cm³/mol. The zero-order chi connectivity index (χ0) is 23.5. The molecule has 0 saturated carbocycles. The molecular weight excluding hydrogens is 448 g/mol. The summed E-state index contributed by atoms with van der Waals surface area (Å²) < 4.78 is 10.7. The van der Waals surface area contributed by atoms with E-state index in [0.717, 1.165) is 27.7 Å². The number of thiazole rings is 1. The molecule has 168 valence electrons. The van der Waals surface area contributed by atoms with E-state index in [1.54, 1.807) is 32.7 Å². The van der Waals surface area contributed by atoms with E-state index in [2.05, 4.69) is 15.3 Å². The molecule has 0 spiro atoms. The van der Waals surface area contributed by atoms with Gasteiger partial charge in [0.1, 0.15) is 0 Å². The lowest BCUT2D eigenvalue weighted by Crippen LogP contribution is -2.13. The summed E-state index contributed by atoms with van der Waals surface area (Å²) in [6.45, 7) is 0. The Morgan fingerprint density at radius 3 is 2.44 bits per heavy atom. The Hall–Kier alpha value is -4.30. The highest BCUT2D eigenvalue weighted by atomic mass is 32.1. The van der Waals surface area contributed by atoms with Crippen LogP contribution in [-0.4, -0.2) is 35.1 Å². The van der Waals surface area contributed by atoms with Crippen molar-refractivity contribution in [1.82, 2.24) is 15.0 Å². The highest BCUT2D eigenvalue weighted by Gasteiger charge is 2.16. The molecule has 0 bridgehead atoms. The van der Waals surface area contributed by atoms with E-state index in [9.17, 15) is 4.79 Å². The molecule has 0 aliphatic heterocycles. The first-order valence-corrected chi connectivity index (χ1v) is 11.3. The molecule has 34 heavy (non-hydrogen) atoms. The van der Waals surface area contributed by atoms with Gasteiger partial charge in [0.2, 0.25) is 0 Å². The molecule has 0 radical (unpaired) electrons. The van der Waals surface area contributed by atoms with Crippen LogP contribution in [0.4, 0.5) is 5.13 Å². The Morgan fingerprint density at radius 2 is 1.65 bits per heavy atom. The van der Waals surface area contributed by atoms with Gasteiger partial charge in [-0.2, -0.15) is 0 Å². The van der Waals surface area contributed by atoms with Gasteiger partial charge in [-0.25, -0.2) is 9.97 Å². The second-order valence-electron chi connectivity index (χ2n) is 7.37. The van der Waals surface area contributed by atoms with Crippen LogP contribution >= 0.6 is 11.3 Å². The van der Waals surface area contributed by atoms with Gasteiger partial charge in [0, 0.05) is 34.3 Å². The fourth-order valence-corrected chi connectivity index (χ4v) is 4.37.